The molecular weight excluding hydrogens is 190 g/mol. The minimum Gasteiger partial charge on any atom is -0.464 e. The number of carbonyl (C=O) groups excluding carboxylic acids is 1. The van der Waals surface area contributed by atoms with Crippen molar-refractivity contribution in [3.05, 3.63) is 41.6 Å². The quantitative estimate of drug-likeness (QED) is 0.665. The Morgan fingerprint density at radius 2 is 2.07 bits per heavy atom. The van der Waals surface area contributed by atoms with Crippen molar-refractivity contribution in [1.29, 1.82) is 0 Å². The summed E-state index contributed by atoms with van der Waals surface area (Å²) in [6, 6.07) is 9.40. The van der Waals surface area contributed by atoms with Gasteiger partial charge in [0, 0.05) is 5.39 Å². The summed E-state index contributed by atoms with van der Waals surface area (Å²) in [5.41, 5.74) is 2.31. The van der Waals surface area contributed by atoms with Crippen LogP contribution >= 0.6 is 0 Å². The van der Waals surface area contributed by atoms with Crippen LogP contribution in [0, 0.1) is 6.92 Å². The molecule has 1 aromatic heterocycles. The molecule has 3 heteroatoms. The molecule has 0 saturated heterocycles. The molecule has 0 N–H and O–H groups in total. The molecule has 0 saturated carbocycles. The van der Waals surface area contributed by atoms with E-state index in [-0.39, 0.29) is 0 Å². The van der Waals surface area contributed by atoms with E-state index in [0.29, 0.717) is 5.69 Å². The number of nitrogens with zero attached hydrogens (tertiary/aromatic N) is 1. The first-order valence-corrected chi connectivity index (χ1v) is 4.67. The number of rotatable bonds is 1. The van der Waals surface area contributed by atoms with Crippen molar-refractivity contribution in [1.82, 2.24) is 4.98 Å². The fraction of sp³-hybridized carbons (Fsp3) is 0.167. The van der Waals surface area contributed by atoms with Crippen LogP contribution in [-0.4, -0.2) is 18.1 Å². The van der Waals surface area contributed by atoms with Gasteiger partial charge in [0.2, 0.25) is 0 Å². The first kappa shape index (κ1) is 9.65. The molecule has 0 aliphatic heterocycles. The number of pyridine rings is 1. The predicted octanol–water partition coefficient (Wildman–Crippen LogP) is 2.33. The lowest BCUT2D eigenvalue weighted by Crippen LogP contribution is -2.03. The van der Waals surface area contributed by atoms with Gasteiger partial charge in [-0.15, -0.1) is 0 Å². The summed E-state index contributed by atoms with van der Waals surface area (Å²) in [7, 11) is 1.35. The maximum Gasteiger partial charge on any atom is 0.356 e. The summed E-state index contributed by atoms with van der Waals surface area (Å²) < 4.78 is 4.61. The number of benzene rings is 1. The number of hydrogen-bond acceptors (Lipinski definition) is 3. The van der Waals surface area contributed by atoms with Crippen LogP contribution in [0.2, 0.25) is 0 Å². The Balaban J connectivity index is 2.62. The molecule has 0 aliphatic rings. The zero-order valence-electron chi connectivity index (χ0n) is 8.65. The Hall–Kier alpha value is -1.90. The van der Waals surface area contributed by atoms with Crippen LogP contribution < -0.4 is 0 Å². The smallest absolute Gasteiger partial charge is 0.356 e. The minimum absolute atomic E-state index is 0.343. The molecule has 2 rings (SSSR count). The van der Waals surface area contributed by atoms with Gasteiger partial charge in [0.05, 0.1) is 12.6 Å². The van der Waals surface area contributed by atoms with Crippen LogP contribution in [0.1, 0.15) is 16.1 Å². The van der Waals surface area contributed by atoms with Crippen LogP contribution in [-0.2, 0) is 4.74 Å². The summed E-state index contributed by atoms with van der Waals surface area (Å²) in [6.45, 7) is 2.02. The molecule has 0 aliphatic carbocycles. The third-order valence-electron chi connectivity index (χ3n) is 2.34. The lowest BCUT2D eigenvalue weighted by atomic mass is 10.1. The van der Waals surface area contributed by atoms with Crippen LogP contribution in [0.15, 0.2) is 30.3 Å². The summed E-state index contributed by atoms with van der Waals surface area (Å²) >= 11 is 0. The third kappa shape index (κ3) is 1.68. The van der Waals surface area contributed by atoms with E-state index in [2.05, 4.69) is 9.72 Å². The number of aryl methyl sites for hydroxylation is 1. The Morgan fingerprint density at radius 3 is 2.80 bits per heavy atom. The molecule has 2 aromatic rings. The van der Waals surface area contributed by atoms with Gasteiger partial charge in [0.1, 0.15) is 5.69 Å². The monoisotopic (exact) mass is 201 g/mol. The normalized spacial score (nSPS) is 10.3. The molecule has 15 heavy (non-hydrogen) atoms. The molecule has 0 unspecified atom stereocenters. The number of carbonyl (C=O) groups is 1. The minimum atomic E-state index is -0.404. The SMILES string of the molecule is COC(=O)c1ccc2c(C)cccc2n1. The molecule has 0 fully saturated rings. The van der Waals surface area contributed by atoms with Gasteiger partial charge >= 0.3 is 5.97 Å². The van der Waals surface area contributed by atoms with Gasteiger partial charge in [0.25, 0.3) is 0 Å². The van der Waals surface area contributed by atoms with Crippen LogP contribution in [0.5, 0.6) is 0 Å². The zero-order valence-corrected chi connectivity index (χ0v) is 8.65. The van der Waals surface area contributed by atoms with Gasteiger partial charge in [0.15, 0.2) is 0 Å². The second-order valence-corrected chi connectivity index (χ2v) is 3.33. The van der Waals surface area contributed by atoms with Crippen molar-refractivity contribution in [2.75, 3.05) is 7.11 Å². The van der Waals surface area contributed by atoms with E-state index in [9.17, 15) is 4.79 Å². The van der Waals surface area contributed by atoms with Gasteiger partial charge in [-0.1, -0.05) is 18.2 Å². The lowest BCUT2D eigenvalue weighted by Gasteiger charge is -2.03. The van der Waals surface area contributed by atoms with E-state index < -0.39 is 5.97 Å². The first-order chi connectivity index (χ1) is 7.22. The summed E-state index contributed by atoms with van der Waals surface area (Å²) in [5.74, 6) is -0.404. The molecule has 3 nitrogen and oxygen atoms in total. The first-order valence-electron chi connectivity index (χ1n) is 4.67. The number of hydrogen-bond donors (Lipinski definition) is 0. The predicted molar refractivity (Wildman–Crippen MR) is 57.8 cm³/mol. The van der Waals surface area contributed by atoms with Gasteiger partial charge in [-0.05, 0) is 24.6 Å². The lowest BCUT2D eigenvalue weighted by molar-refractivity contribution is 0.0594. The molecule has 0 radical (unpaired) electrons. The van der Waals surface area contributed by atoms with Gasteiger partial charge in [-0.3, -0.25) is 0 Å². The maximum atomic E-state index is 11.3. The number of fused-ring (bicyclic) bond motifs is 1. The molecule has 1 heterocycles. The highest BCUT2D eigenvalue weighted by atomic mass is 16.5. The molecule has 0 spiro atoms. The standard InChI is InChI=1S/C12H11NO2/c1-8-4-3-5-10-9(8)6-7-11(13-10)12(14)15-2/h3-7H,1-2H3. The Bertz CT molecular complexity index is 520. The molecule has 0 atom stereocenters. The van der Waals surface area contributed by atoms with E-state index in [1.807, 2.05) is 31.2 Å². The van der Waals surface area contributed by atoms with Crippen molar-refractivity contribution in [2.45, 2.75) is 6.92 Å². The van der Waals surface area contributed by atoms with Crippen molar-refractivity contribution >= 4 is 16.9 Å². The number of aromatic nitrogens is 1. The van der Waals surface area contributed by atoms with E-state index in [4.69, 9.17) is 0 Å². The van der Waals surface area contributed by atoms with E-state index in [1.165, 1.54) is 7.11 Å². The highest BCUT2D eigenvalue weighted by Gasteiger charge is 2.07. The molecule has 1 aromatic carbocycles. The Kier molecular flexibility index (Phi) is 2.37. The molecular formula is C12H11NO2. The highest BCUT2D eigenvalue weighted by molar-refractivity contribution is 5.91. The Morgan fingerprint density at radius 1 is 1.27 bits per heavy atom. The maximum absolute atomic E-state index is 11.3. The van der Waals surface area contributed by atoms with Crippen molar-refractivity contribution in [3.63, 3.8) is 0 Å². The molecule has 0 bridgehead atoms. The topological polar surface area (TPSA) is 39.2 Å². The highest BCUT2D eigenvalue weighted by Crippen LogP contribution is 2.16. The van der Waals surface area contributed by atoms with Gasteiger partial charge in [-0.2, -0.15) is 0 Å². The fourth-order valence-corrected chi connectivity index (χ4v) is 1.53. The van der Waals surface area contributed by atoms with E-state index in [0.717, 1.165) is 16.5 Å². The van der Waals surface area contributed by atoms with Crippen LogP contribution in [0.25, 0.3) is 10.9 Å². The van der Waals surface area contributed by atoms with Gasteiger partial charge < -0.3 is 4.74 Å². The van der Waals surface area contributed by atoms with Crippen molar-refractivity contribution in [3.8, 4) is 0 Å². The molecule has 76 valence electrons. The van der Waals surface area contributed by atoms with E-state index in [1.54, 1.807) is 6.07 Å². The third-order valence-corrected chi connectivity index (χ3v) is 2.34. The van der Waals surface area contributed by atoms with Crippen LogP contribution in [0.3, 0.4) is 0 Å². The van der Waals surface area contributed by atoms with Crippen molar-refractivity contribution < 1.29 is 9.53 Å². The average Bonchev–Trinajstić information content (AvgIpc) is 2.28. The largest absolute Gasteiger partial charge is 0.464 e. The fourth-order valence-electron chi connectivity index (χ4n) is 1.53. The summed E-state index contributed by atoms with van der Waals surface area (Å²) in [5, 5.41) is 1.06. The molecule has 0 amide bonds. The number of methoxy groups -OCH3 is 1. The van der Waals surface area contributed by atoms with Crippen molar-refractivity contribution in [2.24, 2.45) is 0 Å². The van der Waals surface area contributed by atoms with Crippen LogP contribution in [0.4, 0.5) is 0 Å². The van der Waals surface area contributed by atoms with E-state index >= 15 is 0 Å². The van der Waals surface area contributed by atoms with Gasteiger partial charge in [-0.25, -0.2) is 9.78 Å². The number of esters is 1. The second kappa shape index (κ2) is 3.69. The summed E-state index contributed by atoms with van der Waals surface area (Å²) in [6.07, 6.45) is 0. The zero-order chi connectivity index (χ0) is 10.8. The number of ether oxygens (including phenoxy) is 1. The average molecular weight is 201 g/mol. The Labute approximate surface area is 87.7 Å². The second-order valence-electron chi connectivity index (χ2n) is 3.33. The summed E-state index contributed by atoms with van der Waals surface area (Å²) in [4.78, 5) is 15.5.